The number of Topliss-reactive ketones (excluding diaryl/α,β-unsaturated/α-hetero) is 2. The smallest absolute Gasteiger partial charge is 0.154 e. The van der Waals surface area contributed by atoms with Crippen molar-refractivity contribution in [3.8, 4) is 0 Å². The number of hydrogen-bond acceptors (Lipinski definition) is 5. The van der Waals surface area contributed by atoms with Gasteiger partial charge in [-0.1, -0.05) is 5.16 Å². The lowest BCUT2D eigenvalue weighted by molar-refractivity contribution is -0.127. The molecule has 19 heavy (non-hydrogen) atoms. The fraction of sp³-hybridized carbons (Fsp3) is 0.643. The number of carbonyl (C=O) groups is 2. The van der Waals surface area contributed by atoms with E-state index in [0.29, 0.717) is 17.0 Å². The molecule has 5 atom stereocenters. The molecule has 1 saturated carbocycles. The zero-order valence-electron chi connectivity index (χ0n) is 10.9. The van der Waals surface area contributed by atoms with Gasteiger partial charge in [0.2, 0.25) is 0 Å². The third kappa shape index (κ3) is 1.26. The van der Waals surface area contributed by atoms with E-state index in [9.17, 15) is 9.59 Å². The number of rotatable bonds is 1. The van der Waals surface area contributed by atoms with Gasteiger partial charge in [-0.2, -0.15) is 0 Å². The van der Waals surface area contributed by atoms with Crippen molar-refractivity contribution < 1.29 is 18.8 Å². The van der Waals surface area contributed by atoms with E-state index in [1.165, 1.54) is 0 Å². The number of ether oxygens (including phenoxy) is 1. The zero-order chi connectivity index (χ0) is 13.3. The summed E-state index contributed by atoms with van der Waals surface area (Å²) in [7, 11) is 0. The molecule has 1 aliphatic carbocycles. The van der Waals surface area contributed by atoms with Crippen LogP contribution < -0.4 is 0 Å². The number of aromatic nitrogens is 1. The maximum atomic E-state index is 12.6. The second-order valence-electron chi connectivity index (χ2n) is 5.82. The molecule has 0 radical (unpaired) electrons. The Morgan fingerprint density at radius 2 is 1.63 bits per heavy atom. The molecule has 0 N–H and O–H groups in total. The van der Waals surface area contributed by atoms with Crippen molar-refractivity contribution >= 4 is 11.6 Å². The third-order valence-electron chi connectivity index (χ3n) is 4.88. The van der Waals surface area contributed by atoms with Gasteiger partial charge in [-0.3, -0.25) is 9.59 Å². The Hall–Kier alpha value is -1.49. The van der Waals surface area contributed by atoms with Crippen molar-refractivity contribution in [2.75, 3.05) is 0 Å². The van der Waals surface area contributed by atoms with Gasteiger partial charge in [-0.25, -0.2) is 0 Å². The lowest BCUT2D eigenvalue weighted by atomic mass is 9.81. The van der Waals surface area contributed by atoms with Crippen LogP contribution in [0.1, 0.15) is 35.8 Å². The first-order valence-electron chi connectivity index (χ1n) is 6.75. The summed E-state index contributed by atoms with van der Waals surface area (Å²) < 4.78 is 10.8. The number of fused-ring (bicyclic) bond motifs is 5. The summed E-state index contributed by atoms with van der Waals surface area (Å²) in [6.45, 7) is 3.54. The number of ketones is 2. The molecule has 100 valence electrons. The van der Waals surface area contributed by atoms with Crippen molar-refractivity contribution in [2.45, 2.75) is 44.8 Å². The van der Waals surface area contributed by atoms with E-state index >= 15 is 0 Å². The third-order valence-corrected chi connectivity index (χ3v) is 4.88. The van der Waals surface area contributed by atoms with E-state index in [2.05, 4.69) is 5.16 Å². The molecule has 5 heteroatoms. The SMILES string of the molecule is Cc1noc(C)c1C1C(=O)[C@@H]2C3CCC(O3)[C@@H]2C1=O. The summed E-state index contributed by atoms with van der Waals surface area (Å²) in [4.78, 5) is 25.2. The topological polar surface area (TPSA) is 69.4 Å². The largest absolute Gasteiger partial charge is 0.373 e. The molecule has 1 aromatic rings. The number of hydrogen-bond donors (Lipinski definition) is 0. The molecule has 2 aliphatic heterocycles. The lowest BCUT2D eigenvalue weighted by Gasteiger charge is -2.16. The van der Waals surface area contributed by atoms with E-state index in [0.717, 1.165) is 12.8 Å². The molecule has 1 aromatic heterocycles. The summed E-state index contributed by atoms with van der Waals surface area (Å²) in [5.74, 6) is -0.534. The first-order valence-corrected chi connectivity index (χ1v) is 6.75. The van der Waals surface area contributed by atoms with Crippen LogP contribution in [0.15, 0.2) is 4.52 Å². The van der Waals surface area contributed by atoms with E-state index in [1.807, 2.05) is 0 Å². The second kappa shape index (κ2) is 3.54. The number of carbonyl (C=O) groups excluding carboxylic acids is 2. The van der Waals surface area contributed by atoms with Crippen molar-refractivity contribution in [3.63, 3.8) is 0 Å². The average Bonchev–Trinajstić information content (AvgIpc) is 3.10. The molecule has 3 heterocycles. The first-order chi connectivity index (χ1) is 9.09. The predicted octanol–water partition coefficient (Wildman–Crippen LogP) is 1.32. The minimum absolute atomic E-state index is 0.0107. The molecule has 0 spiro atoms. The van der Waals surface area contributed by atoms with Gasteiger partial charge >= 0.3 is 0 Å². The van der Waals surface area contributed by atoms with Gasteiger partial charge < -0.3 is 9.26 Å². The van der Waals surface area contributed by atoms with Crippen LogP contribution in [0, 0.1) is 25.7 Å². The highest BCUT2D eigenvalue weighted by atomic mass is 16.5. The van der Waals surface area contributed by atoms with Crippen LogP contribution in [-0.2, 0) is 14.3 Å². The van der Waals surface area contributed by atoms with E-state index in [4.69, 9.17) is 9.26 Å². The molecule has 3 unspecified atom stereocenters. The Balaban J connectivity index is 1.80. The monoisotopic (exact) mass is 261 g/mol. The quantitative estimate of drug-likeness (QED) is 0.713. The van der Waals surface area contributed by atoms with Gasteiger partial charge in [0.25, 0.3) is 0 Å². The molecule has 2 saturated heterocycles. The minimum atomic E-state index is -0.673. The summed E-state index contributed by atoms with van der Waals surface area (Å²) in [5, 5.41) is 3.87. The minimum Gasteiger partial charge on any atom is -0.373 e. The molecule has 0 aromatic carbocycles. The fourth-order valence-corrected chi connectivity index (χ4v) is 4.11. The van der Waals surface area contributed by atoms with E-state index < -0.39 is 5.92 Å². The Kier molecular flexibility index (Phi) is 2.11. The molecule has 0 amide bonds. The Morgan fingerprint density at radius 1 is 1.05 bits per heavy atom. The summed E-state index contributed by atoms with van der Waals surface area (Å²) >= 11 is 0. The fourth-order valence-electron chi connectivity index (χ4n) is 4.11. The predicted molar refractivity (Wildman–Crippen MR) is 63.6 cm³/mol. The number of nitrogens with zero attached hydrogens (tertiary/aromatic N) is 1. The van der Waals surface area contributed by atoms with Crippen molar-refractivity contribution in [1.82, 2.24) is 5.16 Å². The van der Waals surface area contributed by atoms with Crippen LogP contribution in [-0.4, -0.2) is 28.9 Å². The van der Waals surface area contributed by atoms with Gasteiger partial charge in [0.05, 0.1) is 29.7 Å². The molecule has 5 nitrogen and oxygen atoms in total. The van der Waals surface area contributed by atoms with Crippen LogP contribution in [0.4, 0.5) is 0 Å². The standard InChI is InChI=1S/C14H15NO4/c1-5-9(6(2)19-15-5)12-13(16)10-7-3-4-8(18-7)11(10)14(12)17/h7-8,10-12H,3-4H2,1-2H3/t7?,8?,10-,11+,12?. The molecule has 4 rings (SSSR count). The molecule has 2 bridgehead atoms. The first kappa shape index (κ1) is 11.3. The Morgan fingerprint density at radius 3 is 2.11 bits per heavy atom. The highest BCUT2D eigenvalue weighted by molar-refractivity contribution is 6.17. The number of aryl methyl sites for hydroxylation is 2. The Bertz CT molecular complexity index is 543. The van der Waals surface area contributed by atoms with Crippen LogP contribution in [0.25, 0.3) is 0 Å². The van der Waals surface area contributed by atoms with Crippen LogP contribution >= 0.6 is 0 Å². The molecular formula is C14H15NO4. The Labute approximate surface area is 110 Å². The highest BCUT2D eigenvalue weighted by Gasteiger charge is 2.63. The molecular weight excluding hydrogens is 246 g/mol. The van der Waals surface area contributed by atoms with Gasteiger partial charge in [0.15, 0.2) is 11.6 Å². The van der Waals surface area contributed by atoms with E-state index in [1.54, 1.807) is 13.8 Å². The van der Waals surface area contributed by atoms with Gasteiger partial charge in [0.1, 0.15) is 11.7 Å². The van der Waals surface area contributed by atoms with Gasteiger partial charge in [-0.15, -0.1) is 0 Å². The highest BCUT2D eigenvalue weighted by Crippen LogP contribution is 2.52. The van der Waals surface area contributed by atoms with E-state index in [-0.39, 0.29) is 35.6 Å². The lowest BCUT2D eigenvalue weighted by Crippen LogP contribution is -2.29. The van der Waals surface area contributed by atoms with Crippen LogP contribution in [0.2, 0.25) is 0 Å². The summed E-state index contributed by atoms with van der Waals surface area (Å²) in [6.07, 6.45) is 1.71. The average molecular weight is 261 g/mol. The molecule has 3 fully saturated rings. The van der Waals surface area contributed by atoms with Crippen molar-refractivity contribution in [1.29, 1.82) is 0 Å². The van der Waals surface area contributed by atoms with Gasteiger partial charge in [0, 0.05) is 5.56 Å². The maximum Gasteiger partial charge on any atom is 0.154 e. The van der Waals surface area contributed by atoms with Gasteiger partial charge in [-0.05, 0) is 26.7 Å². The molecule has 3 aliphatic rings. The summed E-state index contributed by atoms with van der Waals surface area (Å²) in [5.41, 5.74) is 1.33. The summed E-state index contributed by atoms with van der Waals surface area (Å²) in [6, 6.07) is 0. The van der Waals surface area contributed by atoms with Crippen LogP contribution in [0.5, 0.6) is 0 Å². The normalized spacial score (nSPS) is 40.2. The maximum absolute atomic E-state index is 12.6. The van der Waals surface area contributed by atoms with Crippen molar-refractivity contribution in [2.24, 2.45) is 11.8 Å². The van der Waals surface area contributed by atoms with Crippen LogP contribution in [0.3, 0.4) is 0 Å². The zero-order valence-corrected chi connectivity index (χ0v) is 10.9. The second-order valence-corrected chi connectivity index (χ2v) is 5.82. The van der Waals surface area contributed by atoms with Crippen molar-refractivity contribution in [3.05, 3.63) is 17.0 Å².